The first-order valence-corrected chi connectivity index (χ1v) is 5.82. The van der Waals surface area contributed by atoms with Gasteiger partial charge < -0.3 is 0 Å². The molecule has 0 heterocycles. The summed E-state index contributed by atoms with van der Waals surface area (Å²) in [7, 11) is 0. The summed E-state index contributed by atoms with van der Waals surface area (Å²) in [5.74, 6) is 1.19. The minimum absolute atomic E-state index is 0.0727. The van der Waals surface area contributed by atoms with Crippen LogP contribution in [0.3, 0.4) is 0 Å². The molecule has 0 aromatic heterocycles. The predicted molar refractivity (Wildman–Crippen MR) is 55.7 cm³/mol. The summed E-state index contributed by atoms with van der Waals surface area (Å²) in [4.78, 5) is 4.49. The first kappa shape index (κ1) is 13.8. The Morgan fingerprint density at radius 3 is 2.56 bits per heavy atom. The highest BCUT2D eigenvalue weighted by Crippen LogP contribution is 2.30. The minimum Gasteiger partial charge on any atom is -0.292 e. The molecule has 1 saturated carbocycles. The zero-order chi connectivity index (χ0) is 12.2. The van der Waals surface area contributed by atoms with Gasteiger partial charge in [0.1, 0.15) is 0 Å². The molecule has 2 unspecified atom stereocenters. The highest BCUT2D eigenvalue weighted by Gasteiger charge is 2.29. The van der Waals surface area contributed by atoms with Gasteiger partial charge in [-0.3, -0.25) is 4.84 Å². The summed E-state index contributed by atoms with van der Waals surface area (Å²) in [6.45, 7) is 3.10. The molecule has 0 radical (unpaired) electrons. The van der Waals surface area contributed by atoms with E-state index in [1.165, 1.54) is 6.42 Å². The Hall–Kier alpha value is -0.290. The van der Waals surface area contributed by atoms with Crippen molar-refractivity contribution in [2.45, 2.75) is 51.7 Å². The van der Waals surface area contributed by atoms with Crippen molar-refractivity contribution >= 4 is 0 Å². The van der Waals surface area contributed by atoms with E-state index in [-0.39, 0.29) is 6.04 Å². The molecule has 1 rings (SSSR count). The van der Waals surface area contributed by atoms with Gasteiger partial charge in [-0.25, -0.2) is 0 Å². The van der Waals surface area contributed by atoms with Gasteiger partial charge in [0.15, 0.2) is 6.61 Å². The average molecular weight is 239 g/mol. The zero-order valence-electron chi connectivity index (χ0n) is 9.81. The van der Waals surface area contributed by atoms with Crippen LogP contribution < -0.4 is 5.48 Å². The second-order valence-corrected chi connectivity index (χ2v) is 4.89. The summed E-state index contributed by atoms with van der Waals surface area (Å²) in [5.41, 5.74) is 2.54. The SMILES string of the molecule is CC(C)C1CCCC(NOCC(F)(F)F)C1. The van der Waals surface area contributed by atoms with Crippen molar-refractivity contribution in [3.63, 3.8) is 0 Å². The van der Waals surface area contributed by atoms with E-state index in [0.29, 0.717) is 11.8 Å². The standard InChI is InChI=1S/C11H20F3NO/c1-8(2)9-4-3-5-10(6-9)15-16-7-11(12,13)14/h8-10,15H,3-7H2,1-2H3. The number of halogens is 3. The molecule has 1 aliphatic carbocycles. The fourth-order valence-corrected chi connectivity index (χ4v) is 2.18. The molecule has 16 heavy (non-hydrogen) atoms. The fourth-order valence-electron chi connectivity index (χ4n) is 2.18. The van der Waals surface area contributed by atoms with Gasteiger partial charge in [-0.2, -0.15) is 18.7 Å². The molecule has 0 saturated heterocycles. The van der Waals surface area contributed by atoms with Crippen LogP contribution in [0.15, 0.2) is 0 Å². The molecule has 96 valence electrons. The molecule has 0 aromatic carbocycles. The Labute approximate surface area is 94.5 Å². The van der Waals surface area contributed by atoms with E-state index in [1.54, 1.807) is 0 Å². The lowest BCUT2D eigenvalue weighted by molar-refractivity contribution is -0.194. The number of rotatable bonds is 4. The molecular formula is C11H20F3NO. The Balaban J connectivity index is 2.22. The van der Waals surface area contributed by atoms with Crippen molar-refractivity contribution < 1.29 is 18.0 Å². The molecule has 0 aromatic rings. The van der Waals surface area contributed by atoms with Crippen molar-refractivity contribution in [3.8, 4) is 0 Å². The number of hydrogen-bond donors (Lipinski definition) is 1. The summed E-state index contributed by atoms with van der Waals surface area (Å²) < 4.78 is 35.5. The smallest absolute Gasteiger partial charge is 0.292 e. The van der Waals surface area contributed by atoms with Crippen LogP contribution in [-0.2, 0) is 4.84 Å². The molecule has 0 amide bonds. The molecule has 0 aliphatic heterocycles. The van der Waals surface area contributed by atoms with Crippen molar-refractivity contribution in [2.75, 3.05) is 6.61 Å². The van der Waals surface area contributed by atoms with Gasteiger partial charge in [0.05, 0.1) is 0 Å². The van der Waals surface area contributed by atoms with E-state index in [9.17, 15) is 13.2 Å². The van der Waals surface area contributed by atoms with Crippen LogP contribution in [0.1, 0.15) is 39.5 Å². The third kappa shape index (κ3) is 5.16. The van der Waals surface area contributed by atoms with E-state index < -0.39 is 12.8 Å². The lowest BCUT2D eigenvalue weighted by Gasteiger charge is -2.31. The lowest BCUT2D eigenvalue weighted by Crippen LogP contribution is -2.37. The molecular weight excluding hydrogens is 219 g/mol. The van der Waals surface area contributed by atoms with Crippen LogP contribution in [0.2, 0.25) is 0 Å². The first-order valence-electron chi connectivity index (χ1n) is 5.82. The fraction of sp³-hybridized carbons (Fsp3) is 1.00. The molecule has 0 bridgehead atoms. The van der Waals surface area contributed by atoms with Gasteiger partial charge in [-0.15, -0.1) is 0 Å². The topological polar surface area (TPSA) is 21.3 Å². The number of hydrogen-bond acceptors (Lipinski definition) is 2. The Bertz CT molecular complexity index is 206. The van der Waals surface area contributed by atoms with E-state index in [2.05, 4.69) is 24.2 Å². The van der Waals surface area contributed by atoms with Gasteiger partial charge in [0.2, 0.25) is 0 Å². The highest BCUT2D eigenvalue weighted by molar-refractivity contribution is 4.77. The molecule has 0 spiro atoms. The molecule has 5 heteroatoms. The second kappa shape index (κ2) is 5.87. The van der Waals surface area contributed by atoms with Gasteiger partial charge >= 0.3 is 6.18 Å². The van der Waals surface area contributed by atoms with E-state index >= 15 is 0 Å². The van der Waals surface area contributed by atoms with Crippen LogP contribution >= 0.6 is 0 Å². The van der Waals surface area contributed by atoms with Crippen molar-refractivity contribution in [2.24, 2.45) is 11.8 Å². The van der Waals surface area contributed by atoms with E-state index in [0.717, 1.165) is 19.3 Å². The molecule has 1 N–H and O–H groups in total. The van der Waals surface area contributed by atoms with Crippen molar-refractivity contribution in [1.29, 1.82) is 0 Å². The van der Waals surface area contributed by atoms with Gasteiger partial charge in [-0.1, -0.05) is 26.7 Å². The van der Waals surface area contributed by atoms with Crippen LogP contribution in [0.5, 0.6) is 0 Å². The maximum absolute atomic E-state index is 11.8. The average Bonchev–Trinajstić information content (AvgIpc) is 2.16. The van der Waals surface area contributed by atoms with Crippen LogP contribution in [-0.4, -0.2) is 18.8 Å². The first-order chi connectivity index (χ1) is 7.38. The van der Waals surface area contributed by atoms with Crippen LogP contribution in [0, 0.1) is 11.8 Å². The summed E-state index contributed by atoms with van der Waals surface area (Å²) in [6, 6.07) is 0.0727. The summed E-state index contributed by atoms with van der Waals surface area (Å²) >= 11 is 0. The maximum Gasteiger partial charge on any atom is 0.413 e. The third-order valence-electron chi connectivity index (χ3n) is 3.14. The third-order valence-corrected chi connectivity index (χ3v) is 3.14. The van der Waals surface area contributed by atoms with E-state index in [1.807, 2.05) is 0 Å². The molecule has 1 aliphatic rings. The zero-order valence-corrected chi connectivity index (χ0v) is 9.81. The van der Waals surface area contributed by atoms with E-state index in [4.69, 9.17) is 0 Å². The monoisotopic (exact) mass is 239 g/mol. The summed E-state index contributed by atoms with van der Waals surface area (Å²) in [5, 5.41) is 0. The summed E-state index contributed by atoms with van der Waals surface area (Å²) in [6.07, 6.45) is -0.194. The van der Waals surface area contributed by atoms with Gasteiger partial charge in [0.25, 0.3) is 0 Å². The number of nitrogens with one attached hydrogen (secondary N) is 1. The predicted octanol–water partition coefficient (Wildman–Crippen LogP) is 3.28. The van der Waals surface area contributed by atoms with Crippen LogP contribution in [0.25, 0.3) is 0 Å². The number of hydroxylamine groups is 1. The Morgan fingerprint density at radius 2 is 2.00 bits per heavy atom. The van der Waals surface area contributed by atoms with Crippen molar-refractivity contribution in [3.05, 3.63) is 0 Å². The minimum atomic E-state index is -4.25. The quantitative estimate of drug-likeness (QED) is 0.760. The molecule has 2 atom stereocenters. The number of alkyl halides is 3. The largest absolute Gasteiger partial charge is 0.413 e. The lowest BCUT2D eigenvalue weighted by atomic mass is 9.79. The van der Waals surface area contributed by atoms with Crippen LogP contribution in [0.4, 0.5) is 13.2 Å². The van der Waals surface area contributed by atoms with Gasteiger partial charge in [-0.05, 0) is 24.7 Å². The van der Waals surface area contributed by atoms with Gasteiger partial charge in [0, 0.05) is 6.04 Å². The second-order valence-electron chi connectivity index (χ2n) is 4.89. The molecule has 1 fully saturated rings. The highest BCUT2D eigenvalue weighted by atomic mass is 19.4. The molecule has 2 nitrogen and oxygen atoms in total. The maximum atomic E-state index is 11.8. The van der Waals surface area contributed by atoms with Crippen molar-refractivity contribution in [1.82, 2.24) is 5.48 Å². The Morgan fingerprint density at radius 1 is 1.31 bits per heavy atom. The Kier molecular flexibility index (Phi) is 5.05. The normalized spacial score (nSPS) is 27.4.